The predicted octanol–water partition coefficient (Wildman–Crippen LogP) is 4.04. The molecule has 2 nitrogen and oxygen atoms in total. The Labute approximate surface area is 139 Å². The van der Waals surface area contributed by atoms with Gasteiger partial charge in [0.2, 0.25) is 0 Å². The van der Waals surface area contributed by atoms with Gasteiger partial charge in [-0.05, 0) is 28.2 Å². The lowest BCUT2D eigenvalue weighted by Crippen LogP contribution is -2.44. The average molecular weight is 307 g/mol. The molecule has 0 saturated carbocycles. The van der Waals surface area contributed by atoms with Crippen LogP contribution in [0.1, 0.15) is 31.0 Å². The SMILES string of the molecule is CC(C)C(CO)=C1CN(C(c2ccccc2)c2ccccc2)C1. The molecule has 1 N–H and O–H groups in total. The first-order valence-corrected chi connectivity index (χ1v) is 8.36. The van der Waals surface area contributed by atoms with E-state index in [9.17, 15) is 5.11 Å². The van der Waals surface area contributed by atoms with E-state index in [0.29, 0.717) is 5.92 Å². The van der Waals surface area contributed by atoms with Crippen LogP contribution < -0.4 is 0 Å². The molecule has 0 aromatic heterocycles. The van der Waals surface area contributed by atoms with Gasteiger partial charge in [-0.15, -0.1) is 0 Å². The van der Waals surface area contributed by atoms with E-state index in [0.717, 1.165) is 13.1 Å². The molecule has 0 atom stereocenters. The zero-order chi connectivity index (χ0) is 16.2. The molecule has 0 amide bonds. The van der Waals surface area contributed by atoms with E-state index in [1.54, 1.807) is 0 Å². The largest absolute Gasteiger partial charge is 0.392 e. The minimum Gasteiger partial charge on any atom is -0.392 e. The Bertz CT molecular complexity index is 613. The molecule has 0 radical (unpaired) electrons. The number of benzene rings is 2. The number of nitrogens with zero attached hydrogens (tertiary/aromatic N) is 1. The molecule has 120 valence electrons. The molecule has 0 aliphatic carbocycles. The highest BCUT2D eigenvalue weighted by Crippen LogP contribution is 2.35. The molecular formula is C21H25NO. The van der Waals surface area contributed by atoms with Crippen molar-refractivity contribution in [3.8, 4) is 0 Å². The van der Waals surface area contributed by atoms with Crippen molar-refractivity contribution in [2.45, 2.75) is 19.9 Å². The van der Waals surface area contributed by atoms with Crippen molar-refractivity contribution in [3.63, 3.8) is 0 Å². The molecule has 1 fully saturated rings. The van der Waals surface area contributed by atoms with Crippen LogP contribution in [0.25, 0.3) is 0 Å². The lowest BCUT2D eigenvalue weighted by molar-refractivity contribution is 0.193. The summed E-state index contributed by atoms with van der Waals surface area (Å²) in [6.07, 6.45) is 0. The second-order valence-electron chi connectivity index (χ2n) is 6.57. The van der Waals surface area contributed by atoms with Gasteiger partial charge in [0.15, 0.2) is 0 Å². The van der Waals surface area contributed by atoms with Crippen LogP contribution in [0.3, 0.4) is 0 Å². The zero-order valence-corrected chi connectivity index (χ0v) is 13.9. The first-order valence-electron chi connectivity index (χ1n) is 8.36. The molecule has 3 rings (SSSR count). The Morgan fingerprint density at radius 3 is 1.78 bits per heavy atom. The van der Waals surface area contributed by atoms with Crippen molar-refractivity contribution in [1.82, 2.24) is 4.90 Å². The van der Waals surface area contributed by atoms with Crippen molar-refractivity contribution < 1.29 is 5.11 Å². The Morgan fingerprint density at radius 1 is 0.913 bits per heavy atom. The van der Waals surface area contributed by atoms with E-state index in [4.69, 9.17) is 0 Å². The summed E-state index contributed by atoms with van der Waals surface area (Å²) in [5, 5.41) is 9.61. The summed E-state index contributed by atoms with van der Waals surface area (Å²) in [5.41, 5.74) is 5.26. The standard InChI is InChI=1S/C21H25NO/c1-16(2)20(15-23)19-13-22(14-19)21(17-9-5-3-6-10-17)18-11-7-4-8-12-18/h3-12,16,21,23H,13-15H2,1-2H3. The maximum absolute atomic E-state index is 9.61. The third-order valence-corrected chi connectivity index (χ3v) is 4.71. The van der Waals surface area contributed by atoms with Crippen LogP contribution in [0.4, 0.5) is 0 Å². The number of hydrogen-bond acceptors (Lipinski definition) is 2. The normalized spacial score (nSPS) is 15.1. The quantitative estimate of drug-likeness (QED) is 0.843. The summed E-state index contributed by atoms with van der Waals surface area (Å²) in [6.45, 7) is 6.40. The van der Waals surface area contributed by atoms with Gasteiger partial charge in [-0.1, -0.05) is 74.5 Å². The van der Waals surface area contributed by atoms with E-state index in [1.807, 2.05) is 0 Å². The van der Waals surface area contributed by atoms with Gasteiger partial charge in [0.05, 0.1) is 12.6 Å². The molecule has 2 aromatic rings. The lowest BCUT2D eigenvalue weighted by Gasteiger charge is -2.42. The maximum Gasteiger partial charge on any atom is 0.0647 e. The van der Waals surface area contributed by atoms with Gasteiger partial charge in [-0.25, -0.2) is 0 Å². The first kappa shape index (κ1) is 16.0. The fourth-order valence-electron chi connectivity index (χ4n) is 3.42. The molecular weight excluding hydrogens is 282 g/mol. The number of rotatable bonds is 5. The molecule has 0 bridgehead atoms. The van der Waals surface area contributed by atoms with E-state index in [-0.39, 0.29) is 12.6 Å². The fraction of sp³-hybridized carbons (Fsp3) is 0.333. The molecule has 2 aromatic carbocycles. The summed E-state index contributed by atoms with van der Waals surface area (Å²) >= 11 is 0. The molecule has 0 spiro atoms. The number of hydrogen-bond donors (Lipinski definition) is 1. The number of likely N-dealkylation sites (tertiary alicyclic amines) is 1. The van der Waals surface area contributed by atoms with Gasteiger partial charge in [-0.2, -0.15) is 0 Å². The first-order chi connectivity index (χ1) is 11.2. The fourth-order valence-corrected chi connectivity index (χ4v) is 3.42. The Balaban J connectivity index is 1.88. The number of aliphatic hydroxyl groups excluding tert-OH is 1. The summed E-state index contributed by atoms with van der Waals surface area (Å²) in [4.78, 5) is 2.48. The minimum atomic E-state index is 0.183. The van der Waals surface area contributed by atoms with Crippen molar-refractivity contribution in [3.05, 3.63) is 82.9 Å². The van der Waals surface area contributed by atoms with Gasteiger partial charge < -0.3 is 5.11 Å². The highest BCUT2D eigenvalue weighted by Gasteiger charge is 2.31. The third kappa shape index (κ3) is 3.39. The van der Waals surface area contributed by atoms with E-state index < -0.39 is 0 Å². The van der Waals surface area contributed by atoms with E-state index in [1.165, 1.54) is 22.3 Å². The summed E-state index contributed by atoms with van der Waals surface area (Å²) in [5.74, 6) is 0.420. The Hall–Kier alpha value is -1.90. The molecule has 0 unspecified atom stereocenters. The van der Waals surface area contributed by atoms with Crippen LogP contribution in [-0.4, -0.2) is 29.7 Å². The van der Waals surface area contributed by atoms with Crippen LogP contribution in [0.15, 0.2) is 71.8 Å². The van der Waals surface area contributed by atoms with Gasteiger partial charge in [0.1, 0.15) is 0 Å². The molecule has 23 heavy (non-hydrogen) atoms. The van der Waals surface area contributed by atoms with Crippen LogP contribution in [0.2, 0.25) is 0 Å². The summed E-state index contributed by atoms with van der Waals surface area (Å²) in [7, 11) is 0. The average Bonchev–Trinajstić information content (AvgIpc) is 2.54. The summed E-state index contributed by atoms with van der Waals surface area (Å²) in [6, 6.07) is 21.7. The highest BCUT2D eigenvalue weighted by molar-refractivity contribution is 5.36. The molecule has 2 heteroatoms. The number of aliphatic hydroxyl groups is 1. The zero-order valence-electron chi connectivity index (χ0n) is 13.9. The van der Waals surface area contributed by atoms with Gasteiger partial charge in [0.25, 0.3) is 0 Å². The van der Waals surface area contributed by atoms with Crippen molar-refractivity contribution >= 4 is 0 Å². The Morgan fingerprint density at radius 2 is 1.39 bits per heavy atom. The molecule has 1 saturated heterocycles. The van der Waals surface area contributed by atoms with Gasteiger partial charge in [-0.3, -0.25) is 4.90 Å². The third-order valence-electron chi connectivity index (χ3n) is 4.71. The second kappa shape index (κ2) is 7.12. The topological polar surface area (TPSA) is 23.5 Å². The second-order valence-corrected chi connectivity index (χ2v) is 6.57. The van der Waals surface area contributed by atoms with Crippen LogP contribution in [-0.2, 0) is 0 Å². The predicted molar refractivity (Wildman–Crippen MR) is 95.2 cm³/mol. The monoisotopic (exact) mass is 307 g/mol. The van der Waals surface area contributed by atoms with E-state index >= 15 is 0 Å². The highest BCUT2D eigenvalue weighted by atomic mass is 16.3. The maximum atomic E-state index is 9.61. The molecule has 1 heterocycles. The van der Waals surface area contributed by atoms with Crippen LogP contribution >= 0.6 is 0 Å². The van der Waals surface area contributed by atoms with Crippen LogP contribution in [0.5, 0.6) is 0 Å². The Kier molecular flexibility index (Phi) is 4.94. The molecule has 1 aliphatic heterocycles. The summed E-state index contributed by atoms with van der Waals surface area (Å²) < 4.78 is 0. The van der Waals surface area contributed by atoms with Crippen molar-refractivity contribution in [1.29, 1.82) is 0 Å². The lowest BCUT2D eigenvalue weighted by atomic mass is 9.88. The van der Waals surface area contributed by atoms with Gasteiger partial charge >= 0.3 is 0 Å². The van der Waals surface area contributed by atoms with Crippen molar-refractivity contribution in [2.24, 2.45) is 5.92 Å². The smallest absolute Gasteiger partial charge is 0.0647 e. The molecule has 1 aliphatic rings. The van der Waals surface area contributed by atoms with Crippen LogP contribution in [0, 0.1) is 5.92 Å². The van der Waals surface area contributed by atoms with E-state index in [2.05, 4.69) is 79.4 Å². The minimum absolute atomic E-state index is 0.183. The van der Waals surface area contributed by atoms with Gasteiger partial charge in [0, 0.05) is 13.1 Å². The van der Waals surface area contributed by atoms with Crippen molar-refractivity contribution in [2.75, 3.05) is 19.7 Å².